The quantitative estimate of drug-likeness (QED) is 0.833. The van der Waals surface area contributed by atoms with Crippen LogP contribution in [-0.2, 0) is 4.74 Å². The molecule has 0 aromatic heterocycles. The molecule has 1 saturated heterocycles. The van der Waals surface area contributed by atoms with Crippen molar-refractivity contribution in [3.05, 3.63) is 23.8 Å². The molecule has 0 radical (unpaired) electrons. The molecule has 104 valence electrons. The van der Waals surface area contributed by atoms with Gasteiger partial charge < -0.3 is 14.2 Å². The minimum atomic E-state index is 0.492. The maximum atomic E-state index is 5.67. The Labute approximate surface area is 114 Å². The van der Waals surface area contributed by atoms with E-state index in [4.69, 9.17) is 14.2 Å². The number of ether oxygens (including phenoxy) is 3. The van der Waals surface area contributed by atoms with Crippen LogP contribution < -0.4 is 9.47 Å². The van der Waals surface area contributed by atoms with Gasteiger partial charge in [0.05, 0.1) is 6.61 Å². The van der Waals surface area contributed by atoms with Crippen molar-refractivity contribution in [3.63, 3.8) is 0 Å². The van der Waals surface area contributed by atoms with Crippen molar-refractivity contribution in [3.8, 4) is 11.5 Å². The second-order valence-corrected chi connectivity index (χ2v) is 5.09. The van der Waals surface area contributed by atoms with Gasteiger partial charge in [0, 0.05) is 19.7 Å². The average Bonchev–Trinajstić information content (AvgIpc) is 2.93. The molecule has 4 heteroatoms. The molecule has 4 nitrogen and oxygen atoms in total. The number of hydrogen-bond donors (Lipinski definition) is 0. The van der Waals surface area contributed by atoms with Crippen molar-refractivity contribution in [1.29, 1.82) is 0 Å². The van der Waals surface area contributed by atoms with Crippen LogP contribution in [0.5, 0.6) is 11.5 Å². The molecule has 1 atom stereocenters. The highest BCUT2D eigenvalue weighted by Gasteiger charge is 2.26. The van der Waals surface area contributed by atoms with Gasteiger partial charge in [-0.05, 0) is 37.1 Å². The van der Waals surface area contributed by atoms with Gasteiger partial charge in [0.2, 0.25) is 0 Å². The Balaban J connectivity index is 1.77. The first-order valence-corrected chi connectivity index (χ1v) is 7.01. The zero-order valence-electron chi connectivity index (χ0n) is 11.4. The number of benzene rings is 1. The van der Waals surface area contributed by atoms with Crippen LogP contribution in [0.1, 0.15) is 24.4 Å². The molecule has 0 bridgehead atoms. The number of rotatable bonds is 4. The topological polar surface area (TPSA) is 30.9 Å². The molecule has 0 aliphatic carbocycles. The monoisotopic (exact) mass is 263 g/mol. The predicted octanol–water partition coefficient (Wildman–Crippen LogP) is 2.24. The maximum absolute atomic E-state index is 5.67. The third kappa shape index (κ3) is 2.69. The standard InChI is InChI=1S/C15H21NO3/c1-17-8-7-16-6-2-3-13(16)12-4-5-14-15(11-12)19-10-9-18-14/h4-5,11,13H,2-3,6-10H2,1H3. The summed E-state index contributed by atoms with van der Waals surface area (Å²) in [6.45, 7) is 4.24. The summed E-state index contributed by atoms with van der Waals surface area (Å²) in [6, 6.07) is 6.84. The highest BCUT2D eigenvalue weighted by atomic mass is 16.6. The summed E-state index contributed by atoms with van der Waals surface area (Å²) < 4.78 is 16.4. The first kappa shape index (κ1) is 12.8. The van der Waals surface area contributed by atoms with Crippen molar-refractivity contribution in [2.24, 2.45) is 0 Å². The minimum absolute atomic E-state index is 0.492. The first-order valence-electron chi connectivity index (χ1n) is 7.01. The lowest BCUT2D eigenvalue weighted by molar-refractivity contribution is 0.140. The number of nitrogens with zero attached hydrogens (tertiary/aromatic N) is 1. The molecule has 0 saturated carbocycles. The number of methoxy groups -OCH3 is 1. The van der Waals surface area contributed by atoms with Gasteiger partial charge in [0.1, 0.15) is 13.2 Å². The molecule has 0 spiro atoms. The molecular weight excluding hydrogens is 242 g/mol. The van der Waals surface area contributed by atoms with Gasteiger partial charge >= 0.3 is 0 Å². The van der Waals surface area contributed by atoms with Crippen molar-refractivity contribution in [2.45, 2.75) is 18.9 Å². The van der Waals surface area contributed by atoms with Crippen LogP contribution in [0.25, 0.3) is 0 Å². The maximum Gasteiger partial charge on any atom is 0.161 e. The summed E-state index contributed by atoms with van der Waals surface area (Å²) in [5, 5.41) is 0. The summed E-state index contributed by atoms with van der Waals surface area (Å²) in [6.07, 6.45) is 2.46. The lowest BCUT2D eigenvalue weighted by Gasteiger charge is -2.26. The molecule has 19 heavy (non-hydrogen) atoms. The fraction of sp³-hybridized carbons (Fsp3) is 0.600. The molecule has 2 heterocycles. The largest absolute Gasteiger partial charge is 0.486 e. The Morgan fingerprint density at radius 1 is 1.26 bits per heavy atom. The molecule has 1 aromatic carbocycles. The summed E-state index contributed by atoms with van der Waals surface area (Å²) in [5.41, 5.74) is 1.33. The van der Waals surface area contributed by atoms with Crippen LogP contribution in [0.15, 0.2) is 18.2 Å². The summed E-state index contributed by atoms with van der Waals surface area (Å²) >= 11 is 0. The summed E-state index contributed by atoms with van der Waals surface area (Å²) in [5.74, 6) is 1.76. The molecule has 1 fully saturated rings. The second-order valence-electron chi connectivity index (χ2n) is 5.09. The number of fused-ring (bicyclic) bond motifs is 1. The summed E-state index contributed by atoms with van der Waals surface area (Å²) in [4.78, 5) is 2.49. The van der Waals surface area contributed by atoms with E-state index in [0.29, 0.717) is 19.3 Å². The van der Waals surface area contributed by atoms with Gasteiger partial charge in [-0.3, -0.25) is 4.90 Å². The fourth-order valence-corrected chi connectivity index (χ4v) is 2.95. The minimum Gasteiger partial charge on any atom is -0.486 e. The van der Waals surface area contributed by atoms with Crippen LogP contribution >= 0.6 is 0 Å². The van der Waals surface area contributed by atoms with Gasteiger partial charge in [0.15, 0.2) is 11.5 Å². The Morgan fingerprint density at radius 3 is 2.95 bits per heavy atom. The van der Waals surface area contributed by atoms with Crippen molar-refractivity contribution < 1.29 is 14.2 Å². The van der Waals surface area contributed by atoms with Crippen molar-refractivity contribution in [2.75, 3.05) is 40.0 Å². The van der Waals surface area contributed by atoms with Gasteiger partial charge in [-0.1, -0.05) is 6.07 Å². The predicted molar refractivity (Wildman–Crippen MR) is 72.9 cm³/mol. The molecule has 2 aliphatic heterocycles. The van der Waals surface area contributed by atoms with Gasteiger partial charge in [-0.15, -0.1) is 0 Å². The average molecular weight is 263 g/mol. The lowest BCUT2D eigenvalue weighted by Crippen LogP contribution is -2.27. The molecule has 0 N–H and O–H groups in total. The Hall–Kier alpha value is -1.26. The molecule has 3 rings (SSSR count). The van der Waals surface area contributed by atoms with Crippen molar-refractivity contribution >= 4 is 0 Å². The highest BCUT2D eigenvalue weighted by Crippen LogP contribution is 2.37. The lowest BCUT2D eigenvalue weighted by atomic mass is 10.0. The molecular formula is C15H21NO3. The van der Waals surface area contributed by atoms with E-state index in [0.717, 1.165) is 31.2 Å². The van der Waals surface area contributed by atoms with Crippen LogP contribution in [0.2, 0.25) is 0 Å². The van der Waals surface area contributed by atoms with E-state index in [1.165, 1.54) is 18.4 Å². The van der Waals surface area contributed by atoms with Gasteiger partial charge in [0.25, 0.3) is 0 Å². The SMILES string of the molecule is COCCN1CCCC1c1ccc2c(c1)OCCO2. The number of likely N-dealkylation sites (tertiary alicyclic amines) is 1. The van der Waals surface area contributed by atoms with E-state index < -0.39 is 0 Å². The van der Waals surface area contributed by atoms with E-state index >= 15 is 0 Å². The Morgan fingerprint density at radius 2 is 2.11 bits per heavy atom. The van der Waals surface area contributed by atoms with Crippen molar-refractivity contribution in [1.82, 2.24) is 4.90 Å². The molecule has 1 unspecified atom stereocenters. The number of hydrogen-bond acceptors (Lipinski definition) is 4. The fourth-order valence-electron chi connectivity index (χ4n) is 2.95. The molecule has 2 aliphatic rings. The van der Waals surface area contributed by atoms with Crippen LogP contribution in [0.3, 0.4) is 0 Å². The first-order chi connectivity index (χ1) is 9.38. The van der Waals surface area contributed by atoms with E-state index in [-0.39, 0.29) is 0 Å². The van der Waals surface area contributed by atoms with Gasteiger partial charge in [-0.25, -0.2) is 0 Å². The van der Waals surface area contributed by atoms with Crippen LogP contribution in [0, 0.1) is 0 Å². The van der Waals surface area contributed by atoms with Gasteiger partial charge in [-0.2, -0.15) is 0 Å². The smallest absolute Gasteiger partial charge is 0.161 e. The third-order valence-electron chi connectivity index (χ3n) is 3.90. The molecule has 1 aromatic rings. The van der Waals surface area contributed by atoms with E-state index in [9.17, 15) is 0 Å². The van der Waals surface area contributed by atoms with E-state index in [2.05, 4.69) is 17.0 Å². The van der Waals surface area contributed by atoms with E-state index in [1.807, 2.05) is 6.07 Å². The zero-order chi connectivity index (χ0) is 13.1. The second kappa shape index (κ2) is 5.80. The Kier molecular flexibility index (Phi) is 3.89. The van der Waals surface area contributed by atoms with Crippen LogP contribution in [0.4, 0.5) is 0 Å². The zero-order valence-corrected chi connectivity index (χ0v) is 11.4. The summed E-state index contributed by atoms with van der Waals surface area (Å²) in [7, 11) is 1.76. The Bertz CT molecular complexity index is 435. The molecule has 0 amide bonds. The van der Waals surface area contributed by atoms with E-state index in [1.54, 1.807) is 7.11 Å². The normalized spacial score (nSPS) is 22.7. The third-order valence-corrected chi connectivity index (χ3v) is 3.90. The highest BCUT2D eigenvalue weighted by molar-refractivity contribution is 5.44. The van der Waals surface area contributed by atoms with Crippen LogP contribution in [-0.4, -0.2) is 44.9 Å².